The van der Waals surface area contributed by atoms with Gasteiger partial charge < -0.3 is 29.6 Å². The molecule has 0 unspecified atom stereocenters. The number of aromatic hydroxyl groups is 1. The van der Waals surface area contributed by atoms with E-state index >= 15 is 0 Å². The number of amides is 2. The SMILES string of the molecule is Cc1cc(=O)c(O)c(C2(CC(=O)N[C@H](CO)Cc3ccccc3)CCN(C(=O)OC(C)(C)C)CC2)o1. The molecule has 3 N–H and O–H groups in total. The summed E-state index contributed by atoms with van der Waals surface area (Å²) in [6.07, 6.45) is 0.469. The van der Waals surface area contributed by atoms with Crippen molar-refractivity contribution in [1.82, 2.24) is 10.2 Å². The normalized spacial score (nSPS) is 16.3. The molecule has 1 aromatic heterocycles. The minimum atomic E-state index is -1.01. The first-order valence-corrected chi connectivity index (χ1v) is 12.2. The molecule has 0 bridgehead atoms. The van der Waals surface area contributed by atoms with Gasteiger partial charge in [-0.3, -0.25) is 9.59 Å². The number of hydrogen-bond donors (Lipinski definition) is 3. The Balaban J connectivity index is 1.82. The van der Waals surface area contributed by atoms with Gasteiger partial charge in [0.2, 0.25) is 17.1 Å². The number of likely N-dealkylation sites (tertiary alicyclic amines) is 1. The van der Waals surface area contributed by atoms with Gasteiger partial charge in [0.25, 0.3) is 0 Å². The lowest BCUT2D eigenvalue weighted by atomic mass is 9.72. The number of nitrogens with one attached hydrogen (secondary N) is 1. The van der Waals surface area contributed by atoms with Gasteiger partial charge in [0.1, 0.15) is 11.4 Å². The van der Waals surface area contributed by atoms with Crippen molar-refractivity contribution in [1.29, 1.82) is 0 Å². The van der Waals surface area contributed by atoms with Crippen LogP contribution in [-0.2, 0) is 21.4 Å². The third kappa shape index (κ3) is 6.87. The van der Waals surface area contributed by atoms with Gasteiger partial charge in [0.05, 0.1) is 12.6 Å². The average Bonchev–Trinajstić information content (AvgIpc) is 2.80. The fraction of sp³-hybridized carbons (Fsp3) is 0.519. The summed E-state index contributed by atoms with van der Waals surface area (Å²) in [4.78, 5) is 39.7. The quantitative estimate of drug-likeness (QED) is 0.533. The van der Waals surface area contributed by atoms with E-state index in [0.717, 1.165) is 5.56 Å². The molecule has 0 radical (unpaired) electrons. The average molecular weight is 501 g/mol. The summed E-state index contributed by atoms with van der Waals surface area (Å²) in [5, 5.41) is 23.4. The zero-order valence-corrected chi connectivity index (χ0v) is 21.4. The minimum absolute atomic E-state index is 0.0510. The predicted molar refractivity (Wildman–Crippen MR) is 134 cm³/mol. The number of benzene rings is 1. The van der Waals surface area contributed by atoms with Crippen LogP contribution in [-0.4, -0.2) is 58.5 Å². The molecule has 1 fully saturated rings. The van der Waals surface area contributed by atoms with E-state index in [1.165, 1.54) is 6.07 Å². The number of piperidine rings is 1. The van der Waals surface area contributed by atoms with Crippen molar-refractivity contribution < 1.29 is 29.0 Å². The summed E-state index contributed by atoms with van der Waals surface area (Å²) in [6.45, 7) is 7.24. The van der Waals surface area contributed by atoms with Crippen LogP contribution in [0.5, 0.6) is 5.75 Å². The van der Waals surface area contributed by atoms with Crippen molar-refractivity contribution in [3.63, 3.8) is 0 Å². The van der Waals surface area contributed by atoms with E-state index < -0.39 is 34.3 Å². The number of hydrogen-bond acceptors (Lipinski definition) is 7. The molecule has 0 saturated carbocycles. The highest BCUT2D eigenvalue weighted by atomic mass is 16.6. The van der Waals surface area contributed by atoms with Crippen LogP contribution >= 0.6 is 0 Å². The van der Waals surface area contributed by atoms with E-state index in [1.807, 2.05) is 30.3 Å². The van der Waals surface area contributed by atoms with Gasteiger partial charge in [-0.05, 0) is 52.5 Å². The molecule has 1 saturated heterocycles. The van der Waals surface area contributed by atoms with Crippen molar-refractivity contribution in [2.75, 3.05) is 19.7 Å². The van der Waals surface area contributed by atoms with Crippen LogP contribution in [0.25, 0.3) is 0 Å². The molecule has 9 heteroatoms. The summed E-state index contributed by atoms with van der Waals surface area (Å²) in [6, 6.07) is 10.2. The van der Waals surface area contributed by atoms with E-state index in [1.54, 1.807) is 32.6 Å². The Kier molecular flexibility index (Phi) is 8.45. The van der Waals surface area contributed by atoms with E-state index in [0.29, 0.717) is 12.2 Å². The van der Waals surface area contributed by atoms with Gasteiger partial charge in [-0.25, -0.2) is 4.79 Å². The van der Waals surface area contributed by atoms with Crippen molar-refractivity contribution in [2.24, 2.45) is 0 Å². The summed E-state index contributed by atoms with van der Waals surface area (Å²) in [5.74, 6) is -0.504. The number of nitrogens with zero attached hydrogens (tertiary/aromatic N) is 1. The van der Waals surface area contributed by atoms with Gasteiger partial charge in [-0.1, -0.05) is 30.3 Å². The number of aliphatic hydroxyl groups excluding tert-OH is 1. The van der Waals surface area contributed by atoms with E-state index in [9.17, 15) is 24.6 Å². The Morgan fingerprint density at radius 3 is 2.42 bits per heavy atom. The number of rotatable bonds is 7. The van der Waals surface area contributed by atoms with Crippen LogP contribution in [0.15, 0.2) is 45.6 Å². The Labute approximate surface area is 211 Å². The van der Waals surface area contributed by atoms with E-state index in [4.69, 9.17) is 9.15 Å². The summed E-state index contributed by atoms with van der Waals surface area (Å²) in [5.41, 5.74) is -1.27. The molecule has 1 aliphatic rings. The Morgan fingerprint density at radius 1 is 1.19 bits per heavy atom. The molecule has 3 rings (SSSR count). The van der Waals surface area contributed by atoms with Crippen LogP contribution in [0.1, 0.15) is 57.1 Å². The number of ether oxygens (including phenoxy) is 1. The summed E-state index contributed by atoms with van der Waals surface area (Å²) < 4.78 is 11.3. The molecule has 36 heavy (non-hydrogen) atoms. The molecule has 9 nitrogen and oxygen atoms in total. The minimum Gasteiger partial charge on any atom is -0.502 e. The largest absolute Gasteiger partial charge is 0.502 e. The number of aliphatic hydroxyl groups is 1. The molecule has 1 aliphatic heterocycles. The first-order chi connectivity index (χ1) is 16.9. The smallest absolute Gasteiger partial charge is 0.410 e. The maximum absolute atomic E-state index is 13.2. The third-order valence-corrected chi connectivity index (χ3v) is 6.31. The summed E-state index contributed by atoms with van der Waals surface area (Å²) in [7, 11) is 0. The second-order valence-electron chi connectivity index (χ2n) is 10.5. The van der Waals surface area contributed by atoms with Crippen LogP contribution in [0.2, 0.25) is 0 Å². The second kappa shape index (κ2) is 11.2. The Bertz CT molecular complexity index is 1110. The highest BCUT2D eigenvalue weighted by Crippen LogP contribution is 2.42. The van der Waals surface area contributed by atoms with Crippen molar-refractivity contribution in [2.45, 2.75) is 70.4 Å². The highest BCUT2D eigenvalue weighted by Gasteiger charge is 2.44. The van der Waals surface area contributed by atoms with Gasteiger partial charge in [0.15, 0.2) is 5.76 Å². The fourth-order valence-corrected chi connectivity index (χ4v) is 4.54. The third-order valence-electron chi connectivity index (χ3n) is 6.31. The zero-order chi connectivity index (χ0) is 26.5. The maximum atomic E-state index is 13.2. The van der Waals surface area contributed by atoms with E-state index in [2.05, 4.69) is 5.32 Å². The van der Waals surface area contributed by atoms with Crippen LogP contribution in [0, 0.1) is 6.92 Å². The Morgan fingerprint density at radius 2 is 1.83 bits per heavy atom. The first-order valence-electron chi connectivity index (χ1n) is 12.2. The standard InChI is InChI=1S/C27H36N2O7/c1-18-14-21(31)23(33)24(35-18)27(10-12-29(13-11-27)25(34)36-26(2,3)4)16-22(32)28-20(17-30)15-19-8-6-5-7-9-19/h5-9,14,20,30,33H,10-13,15-17H2,1-4H3,(H,28,32)/t20-/m0/s1. The monoisotopic (exact) mass is 500 g/mol. The van der Waals surface area contributed by atoms with Crippen molar-refractivity contribution in [3.05, 3.63) is 63.7 Å². The van der Waals surface area contributed by atoms with Gasteiger partial charge in [-0.2, -0.15) is 0 Å². The highest BCUT2D eigenvalue weighted by molar-refractivity contribution is 5.78. The first kappa shape index (κ1) is 27.3. The fourth-order valence-electron chi connectivity index (χ4n) is 4.54. The molecule has 2 heterocycles. The van der Waals surface area contributed by atoms with Crippen LogP contribution in [0.4, 0.5) is 4.79 Å². The van der Waals surface area contributed by atoms with Crippen LogP contribution in [0.3, 0.4) is 0 Å². The van der Waals surface area contributed by atoms with Gasteiger partial charge >= 0.3 is 6.09 Å². The molecule has 2 amide bonds. The molecular formula is C27H36N2O7. The lowest BCUT2D eigenvalue weighted by Gasteiger charge is -2.41. The summed E-state index contributed by atoms with van der Waals surface area (Å²) >= 11 is 0. The number of carbonyl (C=O) groups is 2. The second-order valence-corrected chi connectivity index (χ2v) is 10.5. The van der Waals surface area contributed by atoms with Gasteiger partial charge in [0, 0.05) is 31.0 Å². The molecule has 0 spiro atoms. The molecule has 1 aromatic carbocycles. The number of carbonyl (C=O) groups excluding carboxylic acids is 2. The molecule has 2 aromatic rings. The van der Waals surface area contributed by atoms with Crippen molar-refractivity contribution in [3.8, 4) is 5.75 Å². The molecule has 196 valence electrons. The van der Waals surface area contributed by atoms with Gasteiger partial charge in [-0.15, -0.1) is 0 Å². The van der Waals surface area contributed by atoms with Crippen LogP contribution < -0.4 is 10.7 Å². The lowest BCUT2D eigenvalue weighted by Crippen LogP contribution is -2.49. The number of aryl methyl sites for hydroxylation is 1. The van der Waals surface area contributed by atoms with E-state index in [-0.39, 0.29) is 50.6 Å². The zero-order valence-electron chi connectivity index (χ0n) is 21.4. The molecule has 0 aliphatic carbocycles. The molecular weight excluding hydrogens is 464 g/mol. The molecule has 1 atom stereocenters. The predicted octanol–water partition coefficient (Wildman–Crippen LogP) is 3.03. The van der Waals surface area contributed by atoms with Crippen molar-refractivity contribution >= 4 is 12.0 Å². The lowest BCUT2D eigenvalue weighted by molar-refractivity contribution is -0.124. The maximum Gasteiger partial charge on any atom is 0.410 e. The topological polar surface area (TPSA) is 129 Å². The Hall–Kier alpha value is -3.33.